The predicted octanol–water partition coefficient (Wildman–Crippen LogP) is 1.63. The molecule has 2 fully saturated rings. The Hall–Kier alpha value is -0.120. The normalized spacial score (nSPS) is 27.6. The predicted molar refractivity (Wildman–Crippen MR) is 66.7 cm³/mol. The van der Waals surface area contributed by atoms with Gasteiger partial charge in [0.15, 0.2) is 0 Å². The van der Waals surface area contributed by atoms with Crippen LogP contribution in [0, 0.1) is 0 Å². The largest absolute Gasteiger partial charge is 0.377 e. The Morgan fingerprint density at radius 3 is 2.75 bits per heavy atom. The van der Waals surface area contributed by atoms with E-state index < -0.39 is 0 Å². The topological polar surface area (TPSA) is 24.5 Å². The molecule has 0 aromatic rings. The first-order valence-electron chi connectivity index (χ1n) is 6.90. The Morgan fingerprint density at radius 2 is 2.19 bits per heavy atom. The zero-order chi connectivity index (χ0) is 11.4. The molecule has 0 amide bonds. The number of rotatable bonds is 7. The van der Waals surface area contributed by atoms with E-state index in [0.29, 0.717) is 12.1 Å². The van der Waals surface area contributed by atoms with Crippen molar-refractivity contribution in [2.24, 2.45) is 0 Å². The van der Waals surface area contributed by atoms with Crippen LogP contribution < -0.4 is 5.32 Å². The molecule has 0 aromatic carbocycles. The summed E-state index contributed by atoms with van der Waals surface area (Å²) in [6.45, 7) is 8.97. The second kappa shape index (κ2) is 5.99. The Kier molecular flexibility index (Phi) is 4.62. The van der Waals surface area contributed by atoms with E-state index in [2.05, 4.69) is 24.1 Å². The minimum Gasteiger partial charge on any atom is -0.377 e. The van der Waals surface area contributed by atoms with Crippen molar-refractivity contribution in [1.29, 1.82) is 0 Å². The number of nitrogens with zero attached hydrogens (tertiary/aromatic N) is 1. The van der Waals surface area contributed by atoms with Crippen LogP contribution in [-0.4, -0.2) is 49.3 Å². The number of nitrogens with one attached hydrogen (secondary N) is 1. The van der Waals surface area contributed by atoms with Gasteiger partial charge in [-0.25, -0.2) is 0 Å². The van der Waals surface area contributed by atoms with Crippen molar-refractivity contribution in [3.63, 3.8) is 0 Å². The summed E-state index contributed by atoms with van der Waals surface area (Å²) in [7, 11) is 0. The van der Waals surface area contributed by atoms with Gasteiger partial charge >= 0.3 is 0 Å². The molecule has 2 unspecified atom stereocenters. The number of hydrogen-bond donors (Lipinski definition) is 1. The Bertz CT molecular complexity index is 200. The van der Waals surface area contributed by atoms with Gasteiger partial charge in [-0.1, -0.05) is 6.92 Å². The summed E-state index contributed by atoms with van der Waals surface area (Å²) in [5, 5.41) is 3.61. The van der Waals surface area contributed by atoms with Crippen LogP contribution in [0.15, 0.2) is 0 Å². The lowest BCUT2D eigenvalue weighted by atomic mass is 10.1. The smallest absolute Gasteiger partial charge is 0.0726 e. The van der Waals surface area contributed by atoms with Crippen LogP contribution in [0.25, 0.3) is 0 Å². The first-order valence-corrected chi connectivity index (χ1v) is 6.90. The van der Waals surface area contributed by atoms with Gasteiger partial charge in [0.25, 0.3) is 0 Å². The SMILES string of the molecule is CCN(CCNC(C)C1CCCO1)C1CC1. The lowest BCUT2D eigenvalue weighted by molar-refractivity contribution is 0.0826. The van der Waals surface area contributed by atoms with Crippen LogP contribution in [0.3, 0.4) is 0 Å². The van der Waals surface area contributed by atoms with Crippen molar-refractivity contribution < 1.29 is 4.74 Å². The molecule has 0 radical (unpaired) electrons. The van der Waals surface area contributed by atoms with Crippen LogP contribution in [0.4, 0.5) is 0 Å². The van der Waals surface area contributed by atoms with E-state index in [1.165, 1.54) is 38.8 Å². The summed E-state index contributed by atoms with van der Waals surface area (Å²) >= 11 is 0. The van der Waals surface area contributed by atoms with Gasteiger partial charge in [-0.05, 0) is 39.2 Å². The van der Waals surface area contributed by atoms with Crippen LogP contribution >= 0.6 is 0 Å². The van der Waals surface area contributed by atoms with E-state index in [-0.39, 0.29) is 0 Å². The molecule has 3 nitrogen and oxygen atoms in total. The fourth-order valence-electron chi connectivity index (χ4n) is 2.60. The summed E-state index contributed by atoms with van der Waals surface area (Å²) in [5.41, 5.74) is 0. The average Bonchev–Trinajstić information content (AvgIpc) is 2.97. The highest BCUT2D eigenvalue weighted by atomic mass is 16.5. The highest BCUT2D eigenvalue weighted by Gasteiger charge is 2.27. The van der Waals surface area contributed by atoms with Gasteiger partial charge in [-0.3, -0.25) is 4.90 Å². The number of likely N-dealkylation sites (N-methyl/N-ethyl adjacent to an activating group) is 1. The van der Waals surface area contributed by atoms with Crippen LogP contribution in [0.2, 0.25) is 0 Å². The maximum atomic E-state index is 5.68. The van der Waals surface area contributed by atoms with Gasteiger partial charge in [-0.2, -0.15) is 0 Å². The molecule has 3 heteroatoms. The molecule has 1 aliphatic heterocycles. The first-order chi connectivity index (χ1) is 7.81. The second-order valence-corrected chi connectivity index (χ2v) is 5.15. The molecule has 0 aromatic heterocycles. The fourth-order valence-corrected chi connectivity index (χ4v) is 2.60. The lowest BCUT2D eigenvalue weighted by Crippen LogP contribution is -2.42. The molecule has 2 atom stereocenters. The first kappa shape index (κ1) is 12.3. The molecular weight excluding hydrogens is 200 g/mol. The highest BCUT2D eigenvalue weighted by molar-refractivity contribution is 4.84. The van der Waals surface area contributed by atoms with Crippen LogP contribution in [0.1, 0.15) is 39.5 Å². The van der Waals surface area contributed by atoms with Gasteiger partial charge in [0.1, 0.15) is 0 Å². The molecule has 1 heterocycles. The number of ether oxygens (including phenoxy) is 1. The third-order valence-electron chi connectivity index (χ3n) is 3.86. The molecule has 0 spiro atoms. The molecule has 94 valence electrons. The number of hydrogen-bond acceptors (Lipinski definition) is 3. The second-order valence-electron chi connectivity index (χ2n) is 5.15. The van der Waals surface area contributed by atoms with Gasteiger partial charge in [0.2, 0.25) is 0 Å². The van der Waals surface area contributed by atoms with E-state index in [1.807, 2.05) is 0 Å². The van der Waals surface area contributed by atoms with Gasteiger partial charge in [-0.15, -0.1) is 0 Å². The molecule has 2 aliphatic rings. The maximum absolute atomic E-state index is 5.68. The maximum Gasteiger partial charge on any atom is 0.0726 e. The zero-order valence-electron chi connectivity index (χ0n) is 10.7. The summed E-state index contributed by atoms with van der Waals surface area (Å²) < 4.78 is 5.68. The van der Waals surface area contributed by atoms with Crippen molar-refractivity contribution in [2.75, 3.05) is 26.2 Å². The average molecular weight is 226 g/mol. The molecule has 16 heavy (non-hydrogen) atoms. The standard InChI is InChI=1S/C13H26N2O/c1-3-15(12-6-7-12)9-8-14-11(2)13-5-4-10-16-13/h11-14H,3-10H2,1-2H3. The van der Waals surface area contributed by atoms with Crippen LogP contribution in [-0.2, 0) is 4.74 Å². The highest BCUT2D eigenvalue weighted by Crippen LogP contribution is 2.25. The lowest BCUT2D eigenvalue weighted by Gasteiger charge is -2.24. The fraction of sp³-hybridized carbons (Fsp3) is 1.00. The molecule has 1 aliphatic carbocycles. The monoisotopic (exact) mass is 226 g/mol. The van der Waals surface area contributed by atoms with E-state index in [1.54, 1.807) is 0 Å². The summed E-state index contributed by atoms with van der Waals surface area (Å²) in [4.78, 5) is 2.59. The molecular formula is C13H26N2O. The van der Waals surface area contributed by atoms with Gasteiger partial charge in [0.05, 0.1) is 6.10 Å². The minimum absolute atomic E-state index is 0.455. The van der Waals surface area contributed by atoms with E-state index in [9.17, 15) is 0 Å². The Labute approximate surface area is 99.5 Å². The quantitative estimate of drug-likeness (QED) is 0.714. The van der Waals surface area contributed by atoms with Crippen molar-refractivity contribution in [3.8, 4) is 0 Å². The minimum atomic E-state index is 0.455. The third-order valence-corrected chi connectivity index (χ3v) is 3.86. The van der Waals surface area contributed by atoms with E-state index in [0.717, 1.165) is 19.2 Å². The van der Waals surface area contributed by atoms with Crippen molar-refractivity contribution >= 4 is 0 Å². The van der Waals surface area contributed by atoms with Gasteiger partial charge in [0, 0.05) is 31.8 Å². The molecule has 0 bridgehead atoms. The van der Waals surface area contributed by atoms with Crippen LogP contribution in [0.5, 0.6) is 0 Å². The molecule has 1 saturated carbocycles. The summed E-state index contributed by atoms with van der Waals surface area (Å²) in [6.07, 6.45) is 5.74. The van der Waals surface area contributed by atoms with Crippen molar-refractivity contribution in [3.05, 3.63) is 0 Å². The summed E-state index contributed by atoms with van der Waals surface area (Å²) in [5.74, 6) is 0. The molecule has 1 N–H and O–H groups in total. The summed E-state index contributed by atoms with van der Waals surface area (Å²) in [6, 6.07) is 1.41. The van der Waals surface area contributed by atoms with Gasteiger partial charge < -0.3 is 10.1 Å². The van der Waals surface area contributed by atoms with Crippen molar-refractivity contribution in [2.45, 2.75) is 57.7 Å². The van der Waals surface area contributed by atoms with Crippen molar-refractivity contribution in [1.82, 2.24) is 10.2 Å². The van der Waals surface area contributed by atoms with E-state index in [4.69, 9.17) is 4.74 Å². The zero-order valence-corrected chi connectivity index (χ0v) is 10.7. The molecule has 2 rings (SSSR count). The Balaban J connectivity index is 1.58. The molecule has 1 saturated heterocycles. The third kappa shape index (κ3) is 3.44. The Morgan fingerprint density at radius 1 is 1.38 bits per heavy atom. The van der Waals surface area contributed by atoms with E-state index >= 15 is 0 Å².